The van der Waals surface area contributed by atoms with Crippen LogP contribution in [0.5, 0.6) is 0 Å². The van der Waals surface area contributed by atoms with E-state index in [1.54, 1.807) is 11.3 Å². The first kappa shape index (κ1) is 29.1. The standard InChI is InChI=1S/C47H27N3OS/c1-2-12-32-28(10-1)22-25-30-11-7-16-36(42(30)32)46-48-45(49-47(50-46)37-17-9-21-41-44(37)35-14-4-6-20-40(35)52-41)31-26-23-29(24-27-31)33-15-8-19-39-43(33)34-13-3-5-18-38(34)51-39/h1-27H. The molecule has 11 rings (SSSR count). The fourth-order valence-electron chi connectivity index (χ4n) is 7.77. The molecule has 4 nitrogen and oxygen atoms in total. The van der Waals surface area contributed by atoms with Gasteiger partial charge in [0.25, 0.3) is 0 Å². The van der Waals surface area contributed by atoms with Gasteiger partial charge in [0.15, 0.2) is 17.5 Å². The van der Waals surface area contributed by atoms with E-state index < -0.39 is 0 Å². The van der Waals surface area contributed by atoms with E-state index in [1.165, 1.54) is 30.9 Å². The molecular formula is C47H27N3OS. The molecule has 3 heterocycles. The predicted octanol–water partition coefficient (Wildman–Crippen LogP) is 13.1. The van der Waals surface area contributed by atoms with Crippen molar-refractivity contribution in [3.8, 4) is 45.3 Å². The summed E-state index contributed by atoms with van der Waals surface area (Å²) in [5.74, 6) is 1.94. The van der Waals surface area contributed by atoms with E-state index in [-0.39, 0.29) is 0 Å². The number of hydrogen-bond acceptors (Lipinski definition) is 5. The molecule has 3 aromatic heterocycles. The van der Waals surface area contributed by atoms with Crippen LogP contribution in [0, 0.1) is 0 Å². The number of fused-ring (bicyclic) bond motifs is 9. The van der Waals surface area contributed by atoms with Crippen LogP contribution in [0.1, 0.15) is 0 Å². The Morgan fingerprint density at radius 1 is 0.346 bits per heavy atom. The maximum Gasteiger partial charge on any atom is 0.164 e. The highest BCUT2D eigenvalue weighted by molar-refractivity contribution is 7.25. The fourth-order valence-corrected chi connectivity index (χ4v) is 8.90. The van der Waals surface area contributed by atoms with Crippen LogP contribution in [0.25, 0.3) is 109 Å². The Morgan fingerprint density at radius 2 is 0.923 bits per heavy atom. The second kappa shape index (κ2) is 11.4. The van der Waals surface area contributed by atoms with Crippen LogP contribution >= 0.6 is 11.3 Å². The summed E-state index contributed by atoms with van der Waals surface area (Å²) in [5.41, 5.74) is 6.91. The summed E-state index contributed by atoms with van der Waals surface area (Å²) < 4.78 is 8.66. The van der Waals surface area contributed by atoms with Gasteiger partial charge in [0, 0.05) is 53.0 Å². The van der Waals surface area contributed by atoms with Gasteiger partial charge in [-0.3, -0.25) is 0 Å². The molecule has 0 fully saturated rings. The Morgan fingerprint density at radius 3 is 1.79 bits per heavy atom. The summed E-state index contributed by atoms with van der Waals surface area (Å²) in [6.45, 7) is 0. The maximum atomic E-state index is 6.20. The molecule has 52 heavy (non-hydrogen) atoms. The second-order valence-corrected chi connectivity index (χ2v) is 14.2. The van der Waals surface area contributed by atoms with Crippen LogP contribution in [0.2, 0.25) is 0 Å². The average molecular weight is 682 g/mol. The summed E-state index contributed by atoms with van der Waals surface area (Å²) >= 11 is 1.80. The van der Waals surface area contributed by atoms with E-state index in [1.807, 2.05) is 18.2 Å². The van der Waals surface area contributed by atoms with E-state index in [4.69, 9.17) is 19.4 Å². The van der Waals surface area contributed by atoms with Gasteiger partial charge in [0.1, 0.15) is 11.2 Å². The largest absolute Gasteiger partial charge is 0.456 e. The molecule has 11 aromatic rings. The summed E-state index contributed by atoms with van der Waals surface area (Å²) in [6, 6.07) is 57.3. The van der Waals surface area contributed by atoms with Gasteiger partial charge in [-0.05, 0) is 51.6 Å². The van der Waals surface area contributed by atoms with Crippen molar-refractivity contribution in [1.29, 1.82) is 0 Å². The second-order valence-electron chi connectivity index (χ2n) is 13.1. The normalized spacial score (nSPS) is 11.8. The number of hydrogen-bond donors (Lipinski definition) is 0. The van der Waals surface area contributed by atoms with Crippen molar-refractivity contribution >= 4 is 75.0 Å². The maximum absolute atomic E-state index is 6.20. The van der Waals surface area contributed by atoms with Crippen LogP contribution in [0.15, 0.2) is 168 Å². The topological polar surface area (TPSA) is 51.8 Å². The van der Waals surface area contributed by atoms with Gasteiger partial charge < -0.3 is 4.42 Å². The third-order valence-electron chi connectivity index (χ3n) is 10.1. The summed E-state index contributed by atoms with van der Waals surface area (Å²) in [7, 11) is 0. The Kier molecular flexibility index (Phi) is 6.39. The smallest absolute Gasteiger partial charge is 0.164 e. The molecule has 8 aromatic carbocycles. The van der Waals surface area contributed by atoms with Crippen LogP contribution in [0.4, 0.5) is 0 Å². The molecule has 0 aliphatic rings. The van der Waals surface area contributed by atoms with Crippen LogP contribution in [0.3, 0.4) is 0 Å². The van der Waals surface area contributed by atoms with Crippen molar-refractivity contribution in [3.63, 3.8) is 0 Å². The molecule has 0 spiro atoms. The van der Waals surface area contributed by atoms with Crippen molar-refractivity contribution in [3.05, 3.63) is 164 Å². The first-order chi connectivity index (χ1) is 25.8. The highest BCUT2D eigenvalue weighted by Gasteiger charge is 2.19. The van der Waals surface area contributed by atoms with Crippen molar-refractivity contribution in [2.45, 2.75) is 0 Å². The van der Waals surface area contributed by atoms with Crippen molar-refractivity contribution in [2.24, 2.45) is 0 Å². The Bertz CT molecular complexity index is 3190. The molecule has 242 valence electrons. The summed E-state index contributed by atoms with van der Waals surface area (Å²) in [6.07, 6.45) is 0. The number of furan rings is 1. The Hall–Kier alpha value is -6.69. The van der Waals surface area contributed by atoms with Gasteiger partial charge in [0.05, 0.1) is 0 Å². The van der Waals surface area contributed by atoms with E-state index in [0.717, 1.165) is 60.5 Å². The Labute approximate surface area is 302 Å². The lowest BCUT2D eigenvalue weighted by molar-refractivity contribution is 0.669. The zero-order valence-corrected chi connectivity index (χ0v) is 28.6. The van der Waals surface area contributed by atoms with Crippen LogP contribution in [-0.4, -0.2) is 15.0 Å². The highest BCUT2D eigenvalue weighted by atomic mass is 32.1. The Balaban J connectivity index is 1.14. The first-order valence-corrected chi connectivity index (χ1v) is 18.2. The zero-order chi connectivity index (χ0) is 34.2. The molecule has 0 aliphatic carbocycles. The monoisotopic (exact) mass is 681 g/mol. The van der Waals surface area contributed by atoms with E-state index >= 15 is 0 Å². The van der Waals surface area contributed by atoms with Crippen LogP contribution in [-0.2, 0) is 0 Å². The average Bonchev–Trinajstić information content (AvgIpc) is 3.79. The molecule has 0 atom stereocenters. The van der Waals surface area contributed by atoms with E-state index in [2.05, 4.69) is 146 Å². The van der Waals surface area contributed by atoms with Crippen molar-refractivity contribution in [1.82, 2.24) is 15.0 Å². The first-order valence-electron chi connectivity index (χ1n) is 17.4. The van der Waals surface area contributed by atoms with E-state index in [0.29, 0.717) is 17.5 Å². The zero-order valence-electron chi connectivity index (χ0n) is 27.7. The van der Waals surface area contributed by atoms with Gasteiger partial charge >= 0.3 is 0 Å². The minimum Gasteiger partial charge on any atom is -0.456 e. The molecule has 0 N–H and O–H groups in total. The number of thiophene rings is 1. The number of rotatable bonds is 4. The lowest BCUT2D eigenvalue weighted by Crippen LogP contribution is -2.01. The molecular weight excluding hydrogens is 655 g/mol. The number of para-hydroxylation sites is 1. The molecule has 0 saturated carbocycles. The molecule has 0 saturated heterocycles. The lowest BCUT2D eigenvalue weighted by atomic mass is 9.97. The molecule has 0 radical (unpaired) electrons. The van der Waals surface area contributed by atoms with Gasteiger partial charge in [-0.1, -0.05) is 140 Å². The van der Waals surface area contributed by atoms with Gasteiger partial charge in [-0.25, -0.2) is 15.0 Å². The van der Waals surface area contributed by atoms with Gasteiger partial charge in [0.2, 0.25) is 0 Å². The lowest BCUT2D eigenvalue weighted by Gasteiger charge is -2.13. The predicted molar refractivity (Wildman–Crippen MR) is 217 cm³/mol. The van der Waals surface area contributed by atoms with Gasteiger partial charge in [-0.2, -0.15) is 0 Å². The quantitative estimate of drug-likeness (QED) is 0.174. The summed E-state index contributed by atoms with van der Waals surface area (Å²) in [4.78, 5) is 15.8. The SMILES string of the molecule is c1ccc2c(c1)ccc1cccc(-c3nc(-c4ccc(-c5cccc6oc7ccccc7c56)cc4)nc(-c4cccc5sc6ccccc6c45)n3)c12. The number of benzene rings is 8. The number of aromatic nitrogens is 3. The number of nitrogens with zero attached hydrogens (tertiary/aromatic N) is 3. The minimum atomic E-state index is 0.632. The van der Waals surface area contributed by atoms with Crippen LogP contribution < -0.4 is 0 Å². The third kappa shape index (κ3) is 4.50. The fraction of sp³-hybridized carbons (Fsp3) is 0. The highest BCUT2D eigenvalue weighted by Crippen LogP contribution is 2.41. The molecule has 5 heteroatoms. The summed E-state index contributed by atoms with van der Waals surface area (Å²) in [5, 5.41) is 9.26. The molecule has 0 aliphatic heterocycles. The van der Waals surface area contributed by atoms with Crippen molar-refractivity contribution in [2.75, 3.05) is 0 Å². The third-order valence-corrected chi connectivity index (χ3v) is 11.3. The minimum absolute atomic E-state index is 0.632. The molecule has 0 amide bonds. The van der Waals surface area contributed by atoms with Crippen molar-refractivity contribution < 1.29 is 4.42 Å². The molecule has 0 bridgehead atoms. The van der Waals surface area contributed by atoms with Gasteiger partial charge in [-0.15, -0.1) is 11.3 Å². The van der Waals surface area contributed by atoms with E-state index in [9.17, 15) is 0 Å². The molecule has 0 unspecified atom stereocenters.